The van der Waals surface area contributed by atoms with Crippen LogP contribution in [0.4, 0.5) is 14.5 Å². The lowest BCUT2D eigenvalue weighted by Gasteiger charge is -2.17. The second-order valence-electron chi connectivity index (χ2n) is 3.82. The van der Waals surface area contributed by atoms with Crippen LogP contribution >= 0.6 is 11.8 Å². The SMILES string of the molecule is CC1CN=C(Nc2ccc(F)c(F)c2)SC1. The van der Waals surface area contributed by atoms with Crippen molar-refractivity contribution in [2.75, 3.05) is 17.6 Å². The van der Waals surface area contributed by atoms with Crippen LogP contribution in [0.5, 0.6) is 0 Å². The Morgan fingerprint density at radius 1 is 1.38 bits per heavy atom. The third-order valence-corrected chi connectivity index (χ3v) is 3.46. The van der Waals surface area contributed by atoms with Gasteiger partial charge in [-0.25, -0.2) is 8.78 Å². The molecule has 0 radical (unpaired) electrons. The maximum absolute atomic E-state index is 12.9. The molecule has 5 heteroatoms. The van der Waals surface area contributed by atoms with Gasteiger partial charge >= 0.3 is 0 Å². The van der Waals surface area contributed by atoms with Crippen molar-refractivity contribution in [3.8, 4) is 0 Å². The summed E-state index contributed by atoms with van der Waals surface area (Å²) >= 11 is 1.60. The highest BCUT2D eigenvalue weighted by Crippen LogP contribution is 2.20. The zero-order chi connectivity index (χ0) is 11.5. The highest BCUT2D eigenvalue weighted by atomic mass is 32.2. The van der Waals surface area contributed by atoms with E-state index in [1.807, 2.05) is 0 Å². The van der Waals surface area contributed by atoms with E-state index in [9.17, 15) is 8.78 Å². The molecule has 1 heterocycles. The van der Waals surface area contributed by atoms with E-state index in [0.29, 0.717) is 11.6 Å². The smallest absolute Gasteiger partial charge is 0.161 e. The molecule has 1 unspecified atom stereocenters. The highest BCUT2D eigenvalue weighted by Gasteiger charge is 2.12. The number of nitrogens with one attached hydrogen (secondary N) is 1. The van der Waals surface area contributed by atoms with Gasteiger partial charge in [0, 0.05) is 24.1 Å². The summed E-state index contributed by atoms with van der Waals surface area (Å²) in [5, 5.41) is 3.74. The van der Waals surface area contributed by atoms with Crippen LogP contribution in [0.3, 0.4) is 0 Å². The summed E-state index contributed by atoms with van der Waals surface area (Å²) in [5.41, 5.74) is 0.528. The molecule has 1 aliphatic heterocycles. The number of anilines is 1. The first-order valence-electron chi connectivity index (χ1n) is 5.04. The molecule has 1 N–H and O–H groups in total. The summed E-state index contributed by atoms with van der Waals surface area (Å²) in [4.78, 5) is 4.31. The molecule has 0 saturated heterocycles. The lowest BCUT2D eigenvalue weighted by Crippen LogP contribution is -2.18. The largest absolute Gasteiger partial charge is 0.335 e. The predicted molar refractivity (Wildman–Crippen MR) is 63.9 cm³/mol. The fourth-order valence-electron chi connectivity index (χ4n) is 1.33. The lowest BCUT2D eigenvalue weighted by atomic mass is 10.2. The monoisotopic (exact) mass is 242 g/mol. The second kappa shape index (κ2) is 4.82. The second-order valence-corrected chi connectivity index (χ2v) is 4.82. The standard InChI is InChI=1S/C11H12F2N2S/c1-7-5-14-11(16-6-7)15-8-2-3-9(12)10(13)4-8/h2-4,7H,5-6H2,1H3,(H,14,15). The average Bonchev–Trinajstić information content (AvgIpc) is 2.27. The van der Waals surface area contributed by atoms with Gasteiger partial charge in [-0.05, 0) is 18.1 Å². The van der Waals surface area contributed by atoms with Gasteiger partial charge in [0.2, 0.25) is 0 Å². The van der Waals surface area contributed by atoms with Gasteiger partial charge in [-0.2, -0.15) is 0 Å². The van der Waals surface area contributed by atoms with Crippen LogP contribution < -0.4 is 5.32 Å². The molecular formula is C11H12F2N2S. The van der Waals surface area contributed by atoms with Crippen molar-refractivity contribution < 1.29 is 8.78 Å². The Hall–Kier alpha value is -1.10. The van der Waals surface area contributed by atoms with Crippen molar-refractivity contribution in [2.45, 2.75) is 6.92 Å². The number of amidine groups is 1. The zero-order valence-electron chi connectivity index (χ0n) is 8.84. The van der Waals surface area contributed by atoms with E-state index in [1.54, 1.807) is 11.8 Å². The molecule has 86 valence electrons. The van der Waals surface area contributed by atoms with Gasteiger partial charge in [0.05, 0.1) is 0 Å². The third kappa shape index (κ3) is 2.72. The molecule has 0 saturated carbocycles. The number of benzene rings is 1. The molecule has 1 aromatic rings. The molecule has 1 aromatic carbocycles. The Balaban J connectivity index is 2.06. The van der Waals surface area contributed by atoms with E-state index < -0.39 is 11.6 Å². The van der Waals surface area contributed by atoms with Gasteiger partial charge in [-0.15, -0.1) is 0 Å². The molecule has 2 rings (SSSR count). The van der Waals surface area contributed by atoms with Crippen LogP contribution in [-0.2, 0) is 0 Å². The molecule has 0 aromatic heterocycles. The first kappa shape index (κ1) is 11.4. The minimum absolute atomic E-state index is 0.528. The van der Waals surface area contributed by atoms with Gasteiger partial charge in [0.25, 0.3) is 0 Å². The van der Waals surface area contributed by atoms with E-state index in [-0.39, 0.29) is 0 Å². The Morgan fingerprint density at radius 3 is 2.81 bits per heavy atom. The van der Waals surface area contributed by atoms with Gasteiger partial charge in [-0.3, -0.25) is 4.99 Å². The van der Waals surface area contributed by atoms with Crippen molar-refractivity contribution in [3.63, 3.8) is 0 Å². The number of hydrogen-bond acceptors (Lipinski definition) is 3. The Bertz CT molecular complexity index is 420. The van der Waals surface area contributed by atoms with Crippen LogP contribution in [0.15, 0.2) is 23.2 Å². The van der Waals surface area contributed by atoms with Crippen LogP contribution in [0, 0.1) is 17.6 Å². The molecule has 0 fully saturated rings. The van der Waals surface area contributed by atoms with Gasteiger partial charge in [0.15, 0.2) is 16.8 Å². The zero-order valence-corrected chi connectivity index (χ0v) is 9.65. The molecule has 16 heavy (non-hydrogen) atoms. The van der Waals surface area contributed by atoms with Crippen LogP contribution in [0.25, 0.3) is 0 Å². The fourth-order valence-corrected chi connectivity index (χ4v) is 2.23. The Kier molecular flexibility index (Phi) is 3.43. The first-order valence-corrected chi connectivity index (χ1v) is 6.03. The van der Waals surface area contributed by atoms with Crippen LogP contribution in [0.2, 0.25) is 0 Å². The predicted octanol–water partition coefficient (Wildman–Crippen LogP) is 3.12. The van der Waals surface area contributed by atoms with E-state index in [2.05, 4.69) is 17.2 Å². The summed E-state index contributed by atoms with van der Waals surface area (Å²) < 4.78 is 25.6. The van der Waals surface area contributed by atoms with E-state index in [0.717, 1.165) is 29.6 Å². The summed E-state index contributed by atoms with van der Waals surface area (Å²) in [5.74, 6) is -0.118. The summed E-state index contributed by atoms with van der Waals surface area (Å²) in [6.07, 6.45) is 0. The van der Waals surface area contributed by atoms with Gasteiger partial charge < -0.3 is 5.32 Å². The number of aliphatic imine (C=N–C) groups is 1. The number of nitrogens with zero attached hydrogens (tertiary/aromatic N) is 1. The lowest BCUT2D eigenvalue weighted by molar-refractivity contribution is 0.509. The maximum atomic E-state index is 12.9. The number of rotatable bonds is 1. The molecule has 0 aliphatic carbocycles. The minimum Gasteiger partial charge on any atom is -0.335 e. The van der Waals surface area contributed by atoms with E-state index in [4.69, 9.17) is 0 Å². The van der Waals surface area contributed by atoms with Gasteiger partial charge in [0.1, 0.15) is 0 Å². The normalized spacial score (nSPS) is 20.4. The Morgan fingerprint density at radius 2 is 2.19 bits per heavy atom. The number of thioether (sulfide) groups is 1. The van der Waals surface area contributed by atoms with Crippen molar-refractivity contribution in [1.29, 1.82) is 0 Å². The average molecular weight is 242 g/mol. The molecular weight excluding hydrogens is 230 g/mol. The highest BCUT2D eigenvalue weighted by molar-refractivity contribution is 8.14. The third-order valence-electron chi connectivity index (χ3n) is 2.22. The first-order chi connectivity index (χ1) is 7.65. The van der Waals surface area contributed by atoms with Crippen LogP contribution in [0.1, 0.15) is 6.92 Å². The Labute approximate surface area is 97.1 Å². The van der Waals surface area contributed by atoms with Crippen molar-refractivity contribution in [2.24, 2.45) is 10.9 Å². The molecule has 1 atom stereocenters. The maximum Gasteiger partial charge on any atom is 0.161 e. The molecule has 2 nitrogen and oxygen atoms in total. The summed E-state index contributed by atoms with van der Waals surface area (Å²) in [7, 11) is 0. The molecule has 0 amide bonds. The van der Waals surface area contributed by atoms with E-state index >= 15 is 0 Å². The summed E-state index contributed by atoms with van der Waals surface area (Å²) in [6, 6.07) is 3.74. The minimum atomic E-state index is -0.847. The molecule has 1 aliphatic rings. The fraction of sp³-hybridized carbons (Fsp3) is 0.364. The van der Waals surface area contributed by atoms with Gasteiger partial charge in [-0.1, -0.05) is 18.7 Å². The van der Waals surface area contributed by atoms with Crippen LogP contribution in [-0.4, -0.2) is 17.5 Å². The molecule has 0 bridgehead atoms. The van der Waals surface area contributed by atoms with Crippen molar-refractivity contribution in [1.82, 2.24) is 0 Å². The number of hydrogen-bond donors (Lipinski definition) is 1. The summed E-state index contributed by atoms with van der Waals surface area (Å²) in [6.45, 7) is 2.91. The van der Waals surface area contributed by atoms with E-state index in [1.165, 1.54) is 6.07 Å². The number of halogens is 2. The van der Waals surface area contributed by atoms with Crippen molar-refractivity contribution >= 4 is 22.6 Å². The molecule has 0 spiro atoms. The quantitative estimate of drug-likeness (QED) is 0.818. The van der Waals surface area contributed by atoms with Crippen molar-refractivity contribution in [3.05, 3.63) is 29.8 Å². The topological polar surface area (TPSA) is 24.4 Å².